The predicted octanol–water partition coefficient (Wildman–Crippen LogP) is 1.83. The van der Waals surface area contributed by atoms with Crippen LogP contribution in [0.25, 0.3) is 0 Å². The number of hydrogen-bond acceptors (Lipinski definition) is 5. The lowest BCUT2D eigenvalue weighted by Crippen LogP contribution is -2.32. The van der Waals surface area contributed by atoms with E-state index in [-0.39, 0.29) is 0 Å². The summed E-state index contributed by atoms with van der Waals surface area (Å²) in [5.41, 5.74) is 6.09. The van der Waals surface area contributed by atoms with Gasteiger partial charge in [0.1, 0.15) is 12.1 Å². The van der Waals surface area contributed by atoms with Gasteiger partial charge in [0.2, 0.25) is 5.88 Å². The molecule has 1 unspecified atom stereocenters. The molecular formula is C15H24N4O. The van der Waals surface area contributed by atoms with Gasteiger partial charge in [-0.3, -0.25) is 0 Å². The van der Waals surface area contributed by atoms with Gasteiger partial charge >= 0.3 is 0 Å². The Bertz CT molecular complexity index is 453. The smallest absolute Gasteiger partial charge is 0.218 e. The van der Waals surface area contributed by atoms with E-state index in [1.165, 1.54) is 12.8 Å². The maximum atomic E-state index is 6.09. The summed E-state index contributed by atoms with van der Waals surface area (Å²) in [6, 6.07) is 2.36. The van der Waals surface area contributed by atoms with Crippen LogP contribution in [0.2, 0.25) is 0 Å². The Morgan fingerprint density at radius 1 is 1.30 bits per heavy atom. The molecule has 0 aromatic carbocycles. The van der Waals surface area contributed by atoms with E-state index in [9.17, 15) is 0 Å². The fraction of sp³-hybridized carbons (Fsp3) is 0.733. The average molecular weight is 276 g/mol. The zero-order chi connectivity index (χ0) is 13.9. The largest absolute Gasteiger partial charge is 0.478 e. The first kappa shape index (κ1) is 13.6. The average Bonchev–Trinajstić information content (AvgIpc) is 2.88. The van der Waals surface area contributed by atoms with E-state index in [1.807, 2.05) is 6.07 Å². The van der Waals surface area contributed by atoms with Crippen molar-refractivity contribution in [2.45, 2.75) is 38.6 Å². The van der Waals surface area contributed by atoms with Crippen LogP contribution in [0.1, 0.15) is 32.6 Å². The summed E-state index contributed by atoms with van der Waals surface area (Å²) in [4.78, 5) is 10.9. The van der Waals surface area contributed by atoms with Crippen molar-refractivity contribution in [1.29, 1.82) is 0 Å². The van der Waals surface area contributed by atoms with Gasteiger partial charge in [-0.25, -0.2) is 9.97 Å². The van der Waals surface area contributed by atoms with Crippen LogP contribution in [0.3, 0.4) is 0 Å². The van der Waals surface area contributed by atoms with Gasteiger partial charge in [-0.1, -0.05) is 6.92 Å². The topological polar surface area (TPSA) is 64.3 Å². The summed E-state index contributed by atoms with van der Waals surface area (Å²) in [6.07, 6.45) is 6.18. The molecule has 1 aromatic heterocycles. The van der Waals surface area contributed by atoms with Gasteiger partial charge in [0.15, 0.2) is 0 Å². The van der Waals surface area contributed by atoms with Crippen LogP contribution < -0.4 is 15.4 Å². The highest BCUT2D eigenvalue weighted by Crippen LogP contribution is 2.37. The molecule has 2 heterocycles. The van der Waals surface area contributed by atoms with Gasteiger partial charge < -0.3 is 15.4 Å². The molecule has 5 heteroatoms. The summed E-state index contributed by atoms with van der Waals surface area (Å²) in [5, 5.41) is 0. The second kappa shape index (κ2) is 5.95. The van der Waals surface area contributed by atoms with Crippen molar-refractivity contribution in [3.05, 3.63) is 12.4 Å². The van der Waals surface area contributed by atoms with Gasteiger partial charge in [-0.05, 0) is 37.5 Å². The van der Waals surface area contributed by atoms with Crippen molar-refractivity contribution < 1.29 is 4.74 Å². The first-order chi connectivity index (χ1) is 9.76. The number of hydrogen-bond donors (Lipinski definition) is 1. The lowest BCUT2D eigenvalue weighted by Gasteiger charge is -2.27. The molecule has 3 rings (SSSR count). The third-order valence-corrected chi connectivity index (χ3v) is 4.50. The highest BCUT2D eigenvalue weighted by Gasteiger charge is 2.37. The fourth-order valence-corrected chi connectivity index (χ4v) is 3.44. The molecule has 0 bridgehead atoms. The minimum absolute atomic E-state index is 0.394. The number of fused-ring (bicyclic) bond motifs is 1. The van der Waals surface area contributed by atoms with Crippen molar-refractivity contribution in [3.63, 3.8) is 0 Å². The first-order valence-electron chi connectivity index (χ1n) is 7.71. The third-order valence-electron chi connectivity index (χ3n) is 4.50. The summed E-state index contributed by atoms with van der Waals surface area (Å²) < 4.78 is 5.59. The van der Waals surface area contributed by atoms with Crippen molar-refractivity contribution >= 4 is 5.82 Å². The van der Waals surface area contributed by atoms with E-state index in [2.05, 4.69) is 21.8 Å². The van der Waals surface area contributed by atoms with E-state index in [4.69, 9.17) is 10.5 Å². The lowest BCUT2D eigenvalue weighted by molar-refractivity contribution is 0.271. The van der Waals surface area contributed by atoms with Gasteiger partial charge in [0.25, 0.3) is 0 Å². The molecule has 2 N–H and O–H groups in total. The van der Waals surface area contributed by atoms with Gasteiger partial charge in [-0.2, -0.15) is 0 Å². The molecule has 0 amide bonds. The minimum Gasteiger partial charge on any atom is -0.478 e. The summed E-state index contributed by atoms with van der Waals surface area (Å²) in [5.74, 6) is 3.19. The van der Waals surface area contributed by atoms with Crippen LogP contribution in [-0.4, -0.2) is 35.7 Å². The lowest BCUT2D eigenvalue weighted by atomic mass is 9.79. The number of anilines is 1. The summed E-state index contributed by atoms with van der Waals surface area (Å²) in [6.45, 7) is 4.97. The molecular weight excluding hydrogens is 252 g/mol. The molecule has 110 valence electrons. The second-order valence-electron chi connectivity index (χ2n) is 6.06. The molecule has 20 heavy (non-hydrogen) atoms. The Balaban J connectivity index is 1.67. The van der Waals surface area contributed by atoms with E-state index < -0.39 is 0 Å². The molecule has 1 aromatic rings. The molecule has 0 radical (unpaired) electrons. The standard InChI is InChI=1S/C15H24N4O/c1-2-5-20-15-7-14(17-10-18-15)19-8-11-3-4-13(16)6-12(11)9-19/h7,10-13H,2-6,8-9,16H2,1H3/t11-,12+,13?/m1/s1. The van der Waals surface area contributed by atoms with Crippen LogP contribution in [0.15, 0.2) is 12.4 Å². The summed E-state index contributed by atoms with van der Waals surface area (Å²) >= 11 is 0. The number of nitrogens with zero attached hydrogens (tertiary/aromatic N) is 3. The number of rotatable bonds is 4. The Hall–Kier alpha value is -1.36. The molecule has 2 aliphatic rings. The molecule has 5 nitrogen and oxygen atoms in total. The predicted molar refractivity (Wildman–Crippen MR) is 78.8 cm³/mol. The number of aromatic nitrogens is 2. The zero-order valence-electron chi connectivity index (χ0n) is 12.2. The second-order valence-corrected chi connectivity index (χ2v) is 6.06. The third kappa shape index (κ3) is 2.87. The highest BCUT2D eigenvalue weighted by atomic mass is 16.5. The molecule has 3 atom stereocenters. The normalized spacial score (nSPS) is 29.3. The Morgan fingerprint density at radius 3 is 3.00 bits per heavy atom. The molecule has 1 aliphatic carbocycles. The van der Waals surface area contributed by atoms with Crippen LogP contribution >= 0.6 is 0 Å². The highest BCUT2D eigenvalue weighted by molar-refractivity contribution is 5.42. The maximum Gasteiger partial charge on any atom is 0.218 e. The van der Waals surface area contributed by atoms with Gasteiger partial charge in [0.05, 0.1) is 6.61 Å². The van der Waals surface area contributed by atoms with Crippen molar-refractivity contribution in [1.82, 2.24) is 9.97 Å². The van der Waals surface area contributed by atoms with E-state index in [0.717, 1.165) is 43.6 Å². The monoisotopic (exact) mass is 276 g/mol. The molecule has 2 fully saturated rings. The van der Waals surface area contributed by atoms with E-state index in [1.54, 1.807) is 6.33 Å². The van der Waals surface area contributed by atoms with Crippen LogP contribution in [0.5, 0.6) is 5.88 Å². The van der Waals surface area contributed by atoms with Gasteiger partial charge in [0, 0.05) is 25.2 Å². The molecule has 0 spiro atoms. The number of nitrogens with two attached hydrogens (primary N) is 1. The van der Waals surface area contributed by atoms with E-state index in [0.29, 0.717) is 18.5 Å². The van der Waals surface area contributed by atoms with Crippen LogP contribution in [0.4, 0.5) is 5.82 Å². The molecule has 1 aliphatic heterocycles. The van der Waals surface area contributed by atoms with Crippen molar-refractivity contribution in [3.8, 4) is 5.88 Å². The van der Waals surface area contributed by atoms with Gasteiger partial charge in [-0.15, -0.1) is 0 Å². The Kier molecular flexibility index (Phi) is 4.05. The van der Waals surface area contributed by atoms with Crippen molar-refractivity contribution in [2.75, 3.05) is 24.6 Å². The Morgan fingerprint density at radius 2 is 2.15 bits per heavy atom. The Labute approximate surface area is 120 Å². The maximum absolute atomic E-state index is 6.09. The van der Waals surface area contributed by atoms with Crippen LogP contribution in [0, 0.1) is 11.8 Å². The first-order valence-corrected chi connectivity index (χ1v) is 7.71. The zero-order valence-corrected chi connectivity index (χ0v) is 12.2. The van der Waals surface area contributed by atoms with Crippen LogP contribution in [-0.2, 0) is 0 Å². The van der Waals surface area contributed by atoms with Crippen molar-refractivity contribution in [2.24, 2.45) is 17.6 Å². The minimum atomic E-state index is 0.394. The number of ether oxygens (including phenoxy) is 1. The van der Waals surface area contributed by atoms with E-state index >= 15 is 0 Å². The summed E-state index contributed by atoms with van der Waals surface area (Å²) in [7, 11) is 0. The molecule has 1 saturated carbocycles. The molecule has 1 saturated heterocycles. The quantitative estimate of drug-likeness (QED) is 0.909. The fourth-order valence-electron chi connectivity index (χ4n) is 3.44. The SMILES string of the molecule is CCCOc1cc(N2C[C@H]3CCC(N)C[C@H]3C2)ncn1.